The van der Waals surface area contributed by atoms with Gasteiger partial charge in [0.15, 0.2) is 0 Å². The molecule has 1 aromatic carbocycles. The fourth-order valence-corrected chi connectivity index (χ4v) is 6.20. The number of carbonyl (C=O) groups excluding carboxylic acids is 1. The molecule has 0 unspecified atom stereocenters. The zero-order chi connectivity index (χ0) is 22.0. The average Bonchev–Trinajstić information content (AvgIpc) is 3.42. The Bertz CT molecular complexity index is 1200. The van der Waals surface area contributed by atoms with E-state index in [2.05, 4.69) is 15.3 Å². The molecule has 3 aromatic rings. The van der Waals surface area contributed by atoms with Gasteiger partial charge in [0.1, 0.15) is 21.9 Å². The largest absolute Gasteiger partial charge is 0.462 e. The first-order chi connectivity index (χ1) is 14.9. The van der Waals surface area contributed by atoms with Gasteiger partial charge in [0.25, 0.3) is 0 Å². The van der Waals surface area contributed by atoms with Crippen molar-refractivity contribution >= 4 is 43.4 Å². The second-order valence-electron chi connectivity index (χ2n) is 7.29. The lowest BCUT2D eigenvalue weighted by Gasteiger charge is -2.15. The molecule has 4 rings (SSSR count). The van der Waals surface area contributed by atoms with E-state index in [4.69, 9.17) is 4.74 Å². The number of thiophene rings is 1. The highest BCUT2D eigenvalue weighted by atomic mass is 32.2. The molecule has 0 aliphatic carbocycles. The number of esters is 1. The summed E-state index contributed by atoms with van der Waals surface area (Å²) in [6.07, 6.45) is 3.28. The first kappa shape index (κ1) is 21.7. The fraction of sp³-hybridized carbons (Fsp3) is 0.381. The van der Waals surface area contributed by atoms with Gasteiger partial charge < -0.3 is 10.1 Å². The van der Waals surface area contributed by atoms with Crippen LogP contribution >= 0.6 is 11.3 Å². The van der Waals surface area contributed by atoms with Crippen LogP contribution in [0.1, 0.15) is 40.6 Å². The number of ether oxygens (including phenoxy) is 1. The first-order valence-corrected chi connectivity index (χ1v) is 12.4. The number of carbonyl (C=O) groups is 1. The van der Waals surface area contributed by atoms with Crippen molar-refractivity contribution in [3.05, 3.63) is 46.6 Å². The number of anilines is 1. The van der Waals surface area contributed by atoms with E-state index in [0.29, 0.717) is 46.7 Å². The topological polar surface area (TPSA) is 101 Å². The Labute approximate surface area is 185 Å². The number of aryl methyl sites for hydroxylation is 1. The quantitative estimate of drug-likeness (QED) is 0.538. The normalized spacial score (nSPS) is 14.8. The summed E-state index contributed by atoms with van der Waals surface area (Å²) < 4.78 is 32.0. The number of nitrogens with one attached hydrogen (secondary N) is 1. The molecule has 0 radical (unpaired) electrons. The van der Waals surface area contributed by atoms with E-state index in [9.17, 15) is 13.2 Å². The van der Waals surface area contributed by atoms with Crippen molar-refractivity contribution in [1.82, 2.24) is 14.3 Å². The summed E-state index contributed by atoms with van der Waals surface area (Å²) in [5.74, 6) is 0.270. The first-order valence-electron chi connectivity index (χ1n) is 10.2. The standard InChI is InChI=1S/C21H24N4O4S2/c1-3-29-21(26)18-14(2)17-19(23-13-24-20(17)30-18)22-12-15-6-8-16(9-7-15)31(27,28)25-10-4-5-11-25/h6-9,13H,3-5,10-12H2,1-2H3,(H,22,23,24). The van der Waals surface area contributed by atoms with Gasteiger partial charge in [-0.05, 0) is 49.9 Å². The molecular weight excluding hydrogens is 436 g/mol. The zero-order valence-corrected chi connectivity index (χ0v) is 19.1. The molecule has 1 aliphatic heterocycles. The SMILES string of the molecule is CCOC(=O)c1sc2ncnc(NCc3ccc(S(=O)(=O)N4CCCC4)cc3)c2c1C. The lowest BCUT2D eigenvalue weighted by atomic mass is 10.2. The lowest BCUT2D eigenvalue weighted by molar-refractivity contribution is 0.0531. The van der Waals surface area contributed by atoms with Crippen LogP contribution in [-0.4, -0.2) is 48.4 Å². The highest BCUT2D eigenvalue weighted by Crippen LogP contribution is 2.34. The Morgan fingerprint density at radius 2 is 1.90 bits per heavy atom. The number of hydrogen-bond donors (Lipinski definition) is 1. The maximum absolute atomic E-state index is 12.7. The molecule has 164 valence electrons. The minimum absolute atomic E-state index is 0.312. The van der Waals surface area contributed by atoms with Gasteiger partial charge in [-0.15, -0.1) is 11.3 Å². The van der Waals surface area contributed by atoms with Gasteiger partial charge in [0.05, 0.1) is 16.9 Å². The van der Waals surface area contributed by atoms with E-state index in [1.807, 2.05) is 6.92 Å². The Hall–Kier alpha value is -2.56. The molecule has 1 aliphatic rings. The third-order valence-corrected chi connectivity index (χ3v) is 8.37. The molecule has 31 heavy (non-hydrogen) atoms. The van der Waals surface area contributed by atoms with Crippen molar-refractivity contribution in [1.29, 1.82) is 0 Å². The smallest absolute Gasteiger partial charge is 0.348 e. The molecule has 8 nitrogen and oxygen atoms in total. The van der Waals surface area contributed by atoms with Gasteiger partial charge in [-0.3, -0.25) is 0 Å². The van der Waals surface area contributed by atoms with Crippen LogP contribution in [0, 0.1) is 6.92 Å². The van der Waals surface area contributed by atoms with Gasteiger partial charge in [0, 0.05) is 19.6 Å². The van der Waals surface area contributed by atoms with Crippen LogP contribution < -0.4 is 5.32 Å². The van der Waals surface area contributed by atoms with Crippen molar-refractivity contribution < 1.29 is 17.9 Å². The number of hydrogen-bond acceptors (Lipinski definition) is 8. The molecule has 2 aromatic heterocycles. The van der Waals surface area contributed by atoms with E-state index in [1.54, 1.807) is 35.5 Å². The summed E-state index contributed by atoms with van der Waals surface area (Å²) in [7, 11) is -3.42. The molecule has 0 atom stereocenters. The van der Waals surface area contributed by atoms with Crippen molar-refractivity contribution in [2.24, 2.45) is 0 Å². The summed E-state index contributed by atoms with van der Waals surface area (Å²) >= 11 is 1.29. The predicted octanol–water partition coefficient (Wildman–Crippen LogP) is 3.57. The molecule has 1 N–H and O–H groups in total. The summed E-state index contributed by atoms with van der Waals surface area (Å²) in [6, 6.07) is 6.90. The van der Waals surface area contributed by atoms with Gasteiger partial charge in [-0.25, -0.2) is 23.2 Å². The summed E-state index contributed by atoms with van der Waals surface area (Å²) in [5, 5.41) is 4.08. The van der Waals surface area contributed by atoms with Crippen LogP contribution in [-0.2, 0) is 21.3 Å². The molecule has 0 bridgehead atoms. The van der Waals surface area contributed by atoms with E-state index >= 15 is 0 Å². The Balaban J connectivity index is 1.52. The van der Waals surface area contributed by atoms with Gasteiger partial charge in [-0.1, -0.05) is 12.1 Å². The second-order valence-corrected chi connectivity index (χ2v) is 10.2. The predicted molar refractivity (Wildman–Crippen MR) is 120 cm³/mol. The molecule has 1 fully saturated rings. The van der Waals surface area contributed by atoms with E-state index in [0.717, 1.165) is 29.4 Å². The third-order valence-electron chi connectivity index (χ3n) is 5.27. The number of aromatic nitrogens is 2. The monoisotopic (exact) mass is 460 g/mol. The van der Waals surface area contributed by atoms with E-state index < -0.39 is 10.0 Å². The number of rotatable bonds is 7. The Morgan fingerprint density at radius 3 is 2.58 bits per heavy atom. The highest BCUT2D eigenvalue weighted by molar-refractivity contribution is 7.89. The van der Waals surface area contributed by atoms with Crippen LogP contribution in [0.2, 0.25) is 0 Å². The number of benzene rings is 1. The average molecular weight is 461 g/mol. The zero-order valence-electron chi connectivity index (χ0n) is 17.4. The molecular formula is C21H24N4O4S2. The molecule has 0 spiro atoms. The second kappa shape index (κ2) is 8.89. The van der Waals surface area contributed by atoms with Crippen LogP contribution in [0.5, 0.6) is 0 Å². The Morgan fingerprint density at radius 1 is 1.19 bits per heavy atom. The maximum Gasteiger partial charge on any atom is 0.348 e. The van der Waals surface area contributed by atoms with Crippen molar-refractivity contribution in [3.8, 4) is 0 Å². The molecule has 0 saturated carbocycles. The number of sulfonamides is 1. The summed E-state index contributed by atoms with van der Waals surface area (Å²) in [6.45, 7) is 5.58. The lowest BCUT2D eigenvalue weighted by Crippen LogP contribution is -2.27. The van der Waals surface area contributed by atoms with Gasteiger partial charge in [-0.2, -0.15) is 4.31 Å². The molecule has 10 heteroatoms. The van der Waals surface area contributed by atoms with Crippen LogP contribution in [0.25, 0.3) is 10.2 Å². The molecule has 0 amide bonds. The van der Waals surface area contributed by atoms with Crippen LogP contribution in [0.4, 0.5) is 5.82 Å². The summed E-state index contributed by atoms with van der Waals surface area (Å²) in [4.78, 5) is 22.4. The van der Waals surface area contributed by atoms with Gasteiger partial charge >= 0.3 is 5.97 Å². The van der Waals surface area contributed by atoms with E-state index in [1.165, 1.54) is 17.7 Å². The van der Waals surface area contributed by atoms with Crippen molar-refractivity contribution in [3.63, 3.8) is 0 Å². The molecule has 1 saturated heterocycles. The number of nitrogens with zero attached hydrogens (tertiary/aromatic N) is 3. The number of fused-ring (bicyclic) bond motifs is 1. The summed E-state index contributed by atoms with van der Waals surface area (Å²) in [5.41, 5.74) is 1.71. The molecule has 3 heterocycles. The Kier molecular flexibility index (Phi) is 6.22. The third kappa shape index (κ3) is 4.28. The van der Waals surface area contributed by atoms with E-state index in [-0.39, 0.29) is 5.97 Å². The highest BCUT2D eigenvalue weighted by Gasteiger charge is 2.27. The fourth-order valence-electron chi connectivity index (χ4n) is 3.64. The van der Waals surface area contributed by atoms with Crippen molar-refractivity contribution in [2.75, 3.05) is 25.0 Å². The maximum atomic E-state index is 12.7. The minimum Gasteiger partial charge on any atom is -0.462 e. The van der Waals surface area contributed by atoms with Crippen LogP contribution in [0.3, 0.4) is 0 Å². The van der Waals surface area contributed by atoms with Gasteiger partial charge in [0.2, 0.25) is 10.0 Å². The van der Waals surface area contributed by atoms with Crippen LogP contribution in [0.15, 0.2) is 35.5 Å². The minimum atomic E-state index is -3.42. The van der Waals surface area contributed by atoms with Crippen molar-refractivity contribution in [2.45, 2.75) is 38.1 Å².